The number of nitrogens with zero attached hydrogens (tertiary/aromatic N) is 1. The molecule has 0 aliphatic heterocycles. The van der Waals surface area contributed by atoms with Crippen LogP contribution in [0.3, 0.4) is 0 Å². The first-order valence-electron chi connectivity index (χ1n) is 8.20. The Bertz CT molecular complexity index is 757. The maximum atomic E-state index is 12.9. The number of rotatable bonds is 7. The number of carbonyl (C=O) groups is 1. The Kier molecular flexibility index (Phi) is 6.42. The van der Waals surface area contributed by atoms with Gasteiger partial charge >= 0.3 is 6.18 Å². The van der Waals surface area contributed by atoms with Gasteiger partial charge in [-0.05, 0) is 44.3 Å². The van der Waals surface area contributed by atoms with Crippen molar-refractivity contribution in [2.45, 2.75) is 12.6 Å². The minimum Gasteiger partial charge on any atom is -0.497 e. The molecule has 0 spiro atoms. The Morgan fingerprint density at radius 3 is 2.42 bits per heavy atom. The Hall–Kier alpha value is -2.34. The minimum absolute atomic E-state index is 0.116. The van der Waals surface area contributed by atoms with Crippen LogP contribution in [0.15, 0.2) is 48.5 Å². The molecule has 0 amide bonds. The van der Waals surface area contributed by atoms with Gasteiger partial charge in [-0.25, -0.2) is 0 Å². The summed E-state index contributed by atoms with van der Waals surface area (Å²) in [6.45, 7) is 0.437. The average molecular weight is 365 g/mol. The fourth-order valence-corrected chi connectivity index (χ4v) is 2.85. The third-order valence-electron chi connectivity index (χ3n) is 4.05. The van der Waals surface area contributed by atoms with Crippen LogP contribution in [0, 0.1) is 5.92 Å². The largest absolute Gasteiger partial charge is 0.497 e. The Morgan fingerprint density at radius 2 is 1.81 bits per heavy atom. The van der Waals surface area contributed by atoms with Gasteiger partial charge in [-0.15, -0.1) is 0 Å². The van der Waals surface area contributed by atoms with E-state index in [-0.39, 0.29) is 12.2 Å². The van der Waals surface area contributed by atoms with Crippen molar-refractivity contribution in [1.82, 2.24) is 4.90 Å². The summed E-state index contributed by atoms with van der Waals surface area (Å²) in [5, 5.41) is 0. The molecule has 0 aliphatic carbocycles. The molecule has 0 saturated carbocycles. The van der Waals surface area contributed by atoms with E-state index in [1.54, 1.807) is 30.3 Å². The van der Waals surface area contributed by atoms with E-state index in [0.717, 1.165) is 12.1 Å². The van der Waals surface area contributed by atoms with E-state index in [9.17, 15) is 18.0 Å². The van der Waals surface area contributed by atoms with E-state index in [1.807, 2.05) is 19.0 Å². The van der Waals surface area contributed by atoms with E-state index in [0.29, 0.717) is 23.4 Å². The van der Waals surface area contributed by atoms with E-state index in [1.165, 1.54) is 13.2 Å². The summed E-state index contributed by atoms with van der Waals surface area (Å²) < 4.78 is 43.9. The highest BCUT2D eigenvalue weighted by atomic mass is 19.4. The predicted octanol–water partition coefficient (Wildman–Crippen LogP) is 4.32. The van der Waals surface area contributed by atoms with E-state index < -0.39 is 17.7 Å². The van der Waals surface area contributed by atoms with E-state index >= 15 is 0 Å². The summed E-state index contributed by atoms with van der Waals surface area (Å²) >= 11 is 0. The molecule has 0 radical (unpaired) electrons. The molecule has 0 N–H and O–H groups in total. The van der Waals surface area contributed by atoms with Crippen molar-refractivity contribution in [1.29, 1.82) is 0 Å². The maximum absolute atomic E-state index is 12.9. The van der Waals surface area contributed by atoms with E-state index in [2.05, 4.69) is 0 Å². The number of alkyl halides is 3. The molecule has 0 saturated heterocycles. The number of hydrogen-bond donors (Lipinski definition) is 0. The van der Waals surface area contributed by atoms with Gasteiger partial charge < -0.3 is 9.64 Å². The lowest BCUT2D eigenvalue weighted by molar-refractivity contribution is -0.137. The summed E-state index contributed by atoms with van der Waals surface area (Å²) in [6, 6.07) is 12.0. The van der Waals surface area contributed by atoms with Crippen molar-refractivity contribution in [2.24, 2.45) is 5.92 Å². The molecule has 1 atom stereocenters. The zero-order chi connectivity index (χ0) is 19.3. The van der Waals surface area contributed by atoms with E-state index in [4.69, 9.17) is 4.74 Å². The van der Waals surface area contributed by atoms with Crippen LogP contribution in [0.25, 0.3) is 0 Å². The number of hydrogen-bond acceptors (Lipinski definition) is 3. The molecule has 26 heavy (non-hydrogen) atoms. The van der Waals surface area contributed by atoms with Crippen LogP contribution in [0.4, 0.5) is 13.2 Å². The molecule has 0 fully saturated rings. The van der Waals surface area contributed by atoms with Crippen LogP contribution >= 0.6 is 0 Å². The molecule has 2 rings (SSSR count). The molecule has 2 aromatic rings. The molecule has 6 heteroatoms. The fraction of sp³-hybridized carbons (Fsp3) is 0.350. The van der Waals surface area contributed by atoms with Gasteiger partial charge in [0.2, 0.25) is 0 Å². The lowest BCUT2D eigenvalue weighted by Gasteiger charge is -2.21. The van der Waals surface area contributed by atoms with Crippen molar-refractivity contribution in [3.05, 3.63) is 65.2 Å². The number of ketones is 1. The summed E-state index contributed by atoms with van der Waals surface area (Å²) in [5.41, 5.74) is 0.276. The standard InChI is InChI=1S/C20H22F3NO2/c1-24(2)13-16(19(25)15-7-5-9-18(12-15)26-3)10-14-6-4-8-17(11-14)20(21,22)23/h4-9,11-12,16H,10,13H2,1-3H3/t16-/m0/s1. The second-order valence-corrected chi connectivity index (χ2v) is 6.46. The third-order valence-corrected chi connectivity index (χ3v) is 4.05. The number of halogens is 3. The van der Waals surface area contributed by atoms with Crippen LogP contribution in [0.5, 0.6) is 5.75 Å². The van der Waals surface area contributed by atoms with Crippen LogP contribution in [-0.2, 0) is 12.6 Å². The molecule has 3 nitrogen and oxygen atoms in total. The highest BCUT2D eigenvalue weighted by molar-refractivity contribution is 5.98. The first-order chi connectivity index (χ1) is 12.2. The number of benzene rings is 2. The highest BCUT2D eigenvalue weighted by Crippen LogP contribution is 2.30. The molecule has 140 valence electrons. The normalized spacial score (nSPS) is 12.9. The Balaban J connectivity index is 2.28. The van der Waals surface area contributed by atoms with Gasteiger partial charge in [0.25, 0.3) is 0 Å². The van der Waals surface area contributed by atoms with Crippen LogP contribution in [-0.4, -0.2) is 38.4 Å². The topological polar surface area (TPSA) is 29.5 Å². The molecule has 0 heterocycles. The van der Waals surface area contributed by atoms with Gasteiger partial charge in [-0.2, -0.15) is 13.2 Å². The zero-order valence-electron chi connectivity index (χ0n) is 15.0. The monoisotopic (exact) mass is 365 g/mol. The number of carbonyl (C=O) groups excluding carboxylic acids is 1. The molecule has 0 aliphatic rings. The van der Waals surface area contributed by atoms with Gasteiger partial charge in [-0.3, -0.25) is 4.79 Å². The van der Waals surface area contributed by atoms with Crippen molar-refractivity contribution < 1.29 is 22.7 Å². The van der Waals surface area contributed by atoms with Gasteiger partial charge in [0.05, 0.1) is 12.7 Å². The second-order valence-electron chi connectivity index (χ2n) is 6.46. The predicted molar refractivity (Wildman–Crippen MR) is 94.5 cm³/mol. The lowest BCUT2D eigenvalue weighted by Crippen LogP contribution is -2.29. The first kappa shape index (κ1) is 20.0. The molecule has 0 unspecified atom stereocenters. The van der Waals surface area contributed by atoms with Crippen molar-refractivity contribution in [3.8, 4) is 5.75 Å². The average Bonchev–Trinajstić information content (AvgIpc) is 2.59. The van der Waals surface area contributed by atoms with Gasteiger partial charge in [0.15, 0.2) is 5.78 Å². The quantitative estimate of drug-likeness (QED) is 0.685. The highest BCUT2D eigenvalue weighted by Gasteiger charge is 2.31. The number of ether oxygens (including phenoxy) is 1. The Labute approximate surface area is 151 Å². The summed E-state index contributed by atoms with van der Waals surface area (Å²) in [5.74, 6) is -0.00544. The van der Waals surface area contributed by atoms with Crippen LogP contribution in [0.2, 0.25) is 0 Å². The van der Waals surface area contributed by atoms with Gasteiger partial charge in [0, 0.05) is 18.0 Å². The van der Waals surface area contributed by atoms with Crippen LogP contribution < -0.4 is 4.74 Å². The third kappa shape index (κ3) is 5.33. The Morgan fingerprint density at radius 1 is 1.12 bits per heavy atom. The lowest BCUT2D eigenvalue weighted by atomic mass is 9.90. The van der Waals surface area contributed by atoms with Gasteiger partial charge in [0.1, 0.15) is 5.75 Å². The molecule has 0 bridgehead atoms. The van der Waals surface area contributed by atoms with Crippen molar-refractivity contribution in [2.75, 3.05) is 27.7 Å². The summed E-state index contributed by atoms with van der Waals surface area (Å²) in [4.78, 5) is 14.8. The molecule has 0 aromatic heterocycles. The first-order valence-corrected chi connectivity index (χ1v) is 8.20. The summed E-state index contributed by atoms with van der Waals surface area (Å²) in [6.07, 6.45) is -4.16. The number of Topliss-reactive ketones (excluding diaryl/α,β-unsaturated/α-hetero) is 1. The smallest absolute Gasteiger partial charge is 0.416 e. The van der Waals surface area contributed by atoms with Crippen molar-refractivity contribution in [3.63, 3.8) is 0 Å². The van der Waals surface area contributed by atoms with Crippen LogP contribution in [0.1, 0.15) is 21.5 Å². The zero-order valence-corrected chi connectivity index (χ0v) is 15.0. The fourth-order valence-electron chi connectivity index (χ4n) is 2.85. The SMILES string of the molecule is COc1cccc(C(=O)[C@@H](Cc2cccc(C(F)(F)F)c2)CN(C)C)c1. The van der Waals surface area contributed by atoms with Crippen molar-refractivity contribution >= 4 is 5.78 Å². The number of methoxy groups -OCH3 is 1. The molecular formula is C20H22F3NO2. The van der Waals surface area contributed by atoms with Gasteiger partial charge in [-0.1, -0.05) is 30.3 Å². The second kappa shape index (κ2) is 8.36. The molecule has 2 aromatic carbocycles. The molecular weight excluding hydrogens is 343 g/mol. The summed E-state index contributed by atoms with van der Waals surface area (Å²) in [7, 11) is 5.18. The maximum Gasteiger partial charge on any atom is 0.416 e. The minimum atomic E-state index is -4.40.